The molecule has 0 bridgehead atoms. The van der Waals surface area contributed by atoms with Crippen LogP contribution in [-0.4, -0.2) is 26.9 Å². The van der Waals surface area contributed by atoms with Crippen LogP contribution in [0.3, 0.4) is 0 Å². The van der Waals surface area contributed by atoms with Crippen molar-refractivity contribution in [2.75, 3.05) is 31.1 Å². The molecule has 0 radical (unpaired) electrons. The average molecular weight is 327 g/mol. The molecule has 0 aromatic heterocycles. The third kappa shape index (κ3) is 3.53. The summed E-state index contributed by atoms with van der Waals surface area (Å²) in [6.45, 7) is 2.63. The molecule has 1 heterocycles. The molecule has 0 aliphatic carbocycles. The Morgan fingerprint density at radius 1 is 1.12 bits per heavy atom. The minimum Gasteiger partial charge on any atom is -0.454 e. The normalized spacial score (nSPS) is 12.0. The van der Waals surface area contributed by atoms with E-state index in [4.69, 9.17) is 9.47 Å². The number of benzene rings is 2. The van der Waals surface area contributed by atoms with Crippen molar-refractivity contribution in [3.8, 4) is 11.5 Å². The summed E-state index contributed by atoms with van der Waals surface area (Å²) in [5.41, 5.74) is 3.86. The van der Waals surface area contributed by atoms with Crippen molar-refractivity contribution in [3.63, 3.8) is 0 Å². The number of anilines is 2. The first-order valence-electron chi connectivity index (χ1n) is 7.74. The molecule has 24 heavy (non-hydrogen) atoms. The number of carbonyl (C=O) groups excluding carboxylic acids is 1. The first-order valence-corrected chi connectivity index (χ1v) is 7.74. The van der Waals surface area contributed by atoms with Gasteiger partial charge in [-0.1, -0.05) is 6.07 Å². The number of fused-ring (bicyclic) bond motifs is 1. The van der Waals surface area contributed by atoms with Crippen LogP contribution < -0.4 is 25.0 Å². The molecule has 0 saturated heterocycles. The van der Waals surface area contributed by atoms with E-state index in [1.165, 1.54) is 0 Å². The Hall–Kier alpha value is -2.89. The van der Waals surface area contributed by atoms with E-state index < -0.39 is 0 Å². The summed E-state index contributed by atoms with van der Waals surface area (Å²) < 4.78 is 10.6. The first-order chi connectivity index (χ1) is 11.5. The minimum absolute atomic E-state index is 0.242. The van der Waals surface area contributed by atoms with Crippen LogP contribution in [0, 0.1) is 6.92 Å². The fourth-order valence-corrected chi connectivity index (χ4v) is 2.47. The van der Waals surface area contributed by atoms with Crippen LogP contribution >= 0.6 is 0 Å². The van der Waals surface area contributed by atoms with Crippen molar-refractivity contribution >= 4 is 17.4 Å². The van der Waals surface area contributed by atoms with E-state index in [9.17, 15) is 4.79 Å². The van der Waals surface area contributed by atoms with Gasteiger partial charge >= 0.3 is 6.03 Å². The van der Waals surface area contributed by atoms with Gasteiger partial charge in [-0.2, -0.15) is 0 Å². The largest absolute Gasteiger partial charge is 0.454 e. The van der Waals surface area contributed by atoms with Gasteiger partial charge in [0, 0.05) is 32.0 Å². The van der Waals surface area contributed by atoms with Crippen LogP contribution in [0.4, 0.5) is 16.2 Å². The molecular weight excluding hydrogens is 306 g/mol. The number of nitrogens with zero attached hydrogens (tertiary/aromatic N) is 1. The zero-order valence-electron chi connectivity index (χ0n) is 14.1. The van der Waals surface area contributed by atoms with E-state index >= 15 is 0 Å². The number of ether oxygens (including phenoxy) is 2. The van der Waals surface area contributed by atoms with Crippen molar-refractivity contribution < 1.29 is 14.3 Å². The van der Waals surface area contributed by atoms with Crippen LogP contribution in [0.1, 0.15) is 11.1 Å². The van der Waals surface area contributed by atoms with Crippen LogP contribution in [-0.2, 0) is 6.54 Å². The highest BCUT2D eigenvalue weighted by molar-refractivity contribution is 5.90. The summed E-state index contributed by atoms with van der Waals surface area (Å²) in [6, 6.07) is 11.3. The second kappa shape index (κ2) is 6.70. The van der Waals surface area contributed by atoms with Gasteiger partial charge in [-0.15, -0.1) is 0 Å². The Balaban J connectivity index is 1.58. The third-order valence-corrected chi connectivity index (χ3v) is 3.86. The van der Waals surface area contributed by atoms with Crippen LogP contribution in [0.25, 0.3) is 0 Å². The highest BCUT2D eigenvalue weighted by atomic mass is 16.7. The van der Waals surface area contributed by atoms with Crippen LogP contribution in [0.2, 0.25) is 0 Å². The molecular formula is C18H21N3O3. The fourth-order valence-electron chi connectivity index (χ4n) is 2.47. The first kappa shape index (κ1) is 16.0. The van der Waals surface area contributed by atoms with E-state index in [0.717, 1.165) is 28.3 Å². The van der Waals surface area contributed by atoms with Crippen molar-refractivity contribution in [1.82, 2.24) is 5.32 Å². The molecule has 2 N–H and O–H groups in total. The van der Waals surface area contributed by atoms with Crippen LogP contribution in [0.15, 0.2) is 36.4 Å². The summed E-state index contributed by atoms with van der Waals surface area (Å²) >= 11 is 0. The Kier molecular flexibility index (Phi) is 4.46. The van der Waals surface area contributed by atoms with Gasteiger partial charge in [0.2, 0.25) is 6.79 Å². The zero-order valence-corrected chi connectivity index (χ0v) is 14.1. The quantitative estimate of drug-likeness (QED) is 0.906. The third-order valence-electron chi connectivity index (χ3n) is 3.86. The molecule has 0 fully saturated rings. The summed E-state index contributed by atoms with van der Waals surface area (Å²) in [4.78, 5) is 14.1. The molecule has 1 aliphatic heterocycles. The highest BCUT2D eigenvalue weighted by Gasteiger charge is 2.13. The fraction of sp³-hybridized carbons (Fsp3) is 0.278. The van der Waals surface area contributed by atoms with Gasteiger partial charge in [-0.05, 0) is 48.4 Å². The second-order valence-electron chi connectivity index (χ2n) is 5.89. The van der Waals surface area contributed by atoms with Gasteiger partial charge in [-0.25, -0.2) is 4.79 Å². The number of hydrogen-bond acceptors (Lipinski definition) is 4. The number of carbonyl (C=O) groups is 1. The molecule has 0 saturated carbocycles. The molecule has 6 nitrogen and oxygen atoms in total. The molecule has 6 heteroatoms. The van der Waals surface area contributed by atoms with Gasteiger partial charge < -0.3 is 25.0 Å². The van der Waals surface area contributed by atoms with Gasteiger partial charge in [0.05, 0.1) is 0 Å². The number of nitrogens with one attached hydrogen (secondary N) is 2. The van der Waals surface area contributed by atoms with E-state index in [1.54, 1.807) is 0 Å². The molecule has 0 unspecified atom stereocenters. The average Bonchev–Trinajstić information content (AvgIpc) is 3.02. The Bertz CT molecular complexity index is 759. The Morgan fingerprint density at radius 2 is 1.92 bits per heavy atom. The predicted octanol–water partition coefficient (Wildman–Crippen LogP) is 3.11. The predicted molar refractivity (Wildman–Crippen MR) is 93.9 cm³/mol. The van der Waals surface area contributed by atoms with E-state index in [2.05, 4.69) is 10.6 Å². The SMILES string of the molecule is Cc1cc(N(C)C)ccc1NC(=O)NCc1ccc2c(c1)OCO2. The number of urea groups is 1. The molecule has 3 rings (SSSR count). The lowest BCUT2D eigenvalue weighted by Gasteiger charge is -2.16. The summed E-state index contributed by atoms with van der Waals surface area (Å²) in [7, 11) is 3.97. The molecule has 2 aromatic rings. The number of rotatable bonds is 4. The smallest absolute Gasteiger partial charge is 0.319 e. The topological polar surface area (TPSA) is 62.8 Å². The van der Waals surface area contributed by atoms with Gasteiger partial charge in [0.1, 0.15) is 0 Å². The summed E-state index contributed by atoms with van der Waals surface area (Å²) in [5, 5.41) is 5.72. The van der Waals surface area contributed by atoms with Gasteiger partial charge in [-0.3, -0.25) is 0 Å². The lowest BCUT2D eigenvalue weighted by molar-refractivity contribution is 0.174. The maximum atomic E-state index is 12.1. The molecule has 0 atom stereocenters. The number of amides is 2. The molecule has 126 valence electrons. The van der Waals surface area contributed by atoms with E-state index in [-0.39, 0.29) is 12.8 Å². The number of aryl methyl sites for hydroxylation is 1. The lowest BCUT2D eigenvalue weighted by Crippen LogP contribution is -2.28. The van der Waals surface area contributed by atoms with Crippen molar-refractivity contribution in [2.24, 2.45) is 0 Å². The summed E-state index contributed by atoms with van der Waals surface area (Å²) in [6.07, 6.45) is 0. The number of hydrogen-bond donors (Lipinski definition) is 2. The maximum Gasteiger partial charge on any atom is 0.319 e. The maximum absolute atomic E-state index is 12.1. The minimum atomic E-state index is -0.242. The lowest BCUT2D eigenvalue weighted by atomic mass is 10.1. The summed E-state index contributed by atoms with van der Waals surface area (Å²) in [5.74, 6) is 1.45. The monoisotopic (exact) mass is 327 g/mol. The van der Waals surface area contributed by atoms with Crippen LogP contribution in [0.5, 0.6) is 11.5 Å². The zero-order chi connectivity index (χ0) is 17.1. The Labute approximate surface area is 141 Å². The van der Waals surface area contributed by atoms with Gasteiger partial charge in [0.15, 0.2) is 11.5 Å². The van der Waals surface area contributed by atoms with Crippen molar-refractivity contribution in [2.45, 2.75) is 13.5 Å². The van der Waals surface area contributed by atoms with E-state index in [1.807, 2.05) is 62.3 Å². The molecule has 0 spiro atoms. The van der Waals surface area contributed by atoms with E-state index in [0.29, 0.717) is 12.3 Å². The van der Waals surface area contributed by atoms with Gasteiger partial charge in [0.25, 0.3) is 0 Å². The highest BCUT2D eigenvalue weighted by Crippen LogP contribution is 2.32. The molecule has 2 aromatic carbocycles. The Morgan fingerprint density at radius 3 is 2.67 bits per heavy atom. The van der Waals surface area contributed by atoms with Crippen molar-refractivity contribution in [1.29, 1.82) is 0 Å². The standard InChI is InChI=1S/C18H21N3O3/c1-12-8-14(21(2)3)5-6-15(12)20-18(22)19-10-13-4-7-16-17(9-13)24-11-23-16/h4-9H,10-11H2,1-3H3,(H2,19,20,22). The molecule has 1 aliphatic rings. The second-order valence-corrected chi connectivity index (χ2v) is 5.89. The van der Waals surface area contributed by atoms with Crippen molar-refractivity contribution in [3.05, 3.63) is 47.5 Å². The molecule has 2 amide bonds.